The highest BCUT2D eigenvalue weighted by molar-refractivity contribution is 7.14. The molecule has 2 rings (SSSR count). The predicted octanol–water partition coefficient (Wildman–Crippen LogP) is 3.78. The van der Waals surface area contributed by atoms with Crippen LogP contribution in [0.1, 0.15) is 66.1 Å². The van der Waals surface area contributed by atoms with Crippen LogP contribution in [0.15, 0.2) is 6.07 Å². The number of esters is 2. The highest BCUT2D eigenvalue weighted by atomic mass is 32.1. The average molecular weight is 377 g/mol. The molecule has 0 spiro atoms. The van der Waals surface area contributed by atoms with E-state index in [4.69, 9.17) is 9.47 Å². The second kappa shape index (κ2) is 8.31. The molecule has 140 valence electrons. The van der Waals surface area contributed by atoms with Gasteiger partial charge >= 0.3 is 11.9 Å². The molecule has 1 N–H and O–H groups in total. The monoisotopic (exact) mass is 377 g/mol. The van der Waals surface area contributed by atoms with Gasteiger partial charge in [-0.15, -0.1) is 11.3 Å². The van der Waals surface area contributed by atoms with Gasteiger partial charge in [0, 0.05) is 16.1 Å². The van der Waals surface area contributed by atoms with Crippen molar-refractivity contribution in [3.8, 4) is 0 Å². The third kappa shape index (κ3) is 4.04. The summed E-state index contributed by atoms with van der Waals surface area (Å²) >= 11 is 1.36. The molecular formula is C19H23NO5S. The van der Waals surface area contributed by atoms with E-state index in [2.05, 4.69) is 4.98 Å². The van der Waals surface area contributed by atoms with E-state index in [1.54, 1.807) is 26.8 Å². The Labute approximate surface area is 156 Å². The minimum Gasteiger partial charge on any atom is -0.461 e. The number of hydrogen-bond donors (Lipinski definition) is 1. The lowest BCUT2D eigenvalue weighted by atomic mass is 10.1. The number of carbonyl (C=O) groups excluding carboxylic acids is 3. The van der Waals surface area contributed by atoms with Crippen LogP contribution in [0.3, 0.4) is 0 Å². The summed E-state index contributed by atoms with van der Waals surface area (Å²) < 4.78 is 10.1. The summed E-state index contributed by atoms with van der Waals surface area (Å²) in [7, 11) is 0. The van der Waals surface area contributed by atoms with Gasteiger partial charge in [-0.05, 0) is 51.3 Å². The highest BCUT2D eigenvalue weighted by Gasteiger charge is 2.24. The van der Waals surface area contributed by atoms with Crippen LogP contribution >= 0.6 is 11.3 Å². The molecule has 2 aromatic heterocycles. The molecule has 0 bridgehead atoms. The number of aromatic nitrogens is 1. The Bertz CT molecular complexity index is 846. The maximum Gasteiger partial charge on any atom is 0.355 e. The number of Topliss-reactive ketones (excluding diaryl/α,β-unsaturated/α-hetero) is 1. The summed E-state index contributed by atoms with van der Waals surface area (Å²) in [5.41, 5.74) is 2.76. The van der Waals surface area contributed by atoms with E-state index in [1.807, 2.05) is 13.8 Å². The third-order valence-corrected chi connectivity index (χ3v) is 5.21. The fourth-order valence-corrected chi connectivity index (χ4v) is 3.83. The average Bonchev–Trinajstić information content (AvgIpc) is 3.12. The van der Waals surface area contributed by atoms with Gasteiger partial charge in [0.1, 0.15) is 10.6 Å². The van der Waals surface area contributed by atoms with Crippen LogP contribution in [-0.2, 0) is 15.9 Å². The minimum atomic E-state index is -0.511. The van der Waals surface area contributed by atoms with Gasteiger partial charge in [-0.2, -0.15) is 0 Å². The first kappa shape index (κ1) is 19.9. The Kier molecular flexibility index (Phi) is 6.37. The number of aryl methyl sites for hydroxylation is 3. The lowest BCUT2D eigenvalue weighted by molar-refractivity contribution is 0.0477. The van der Waals surface area contributed by atoms with E-state index in [9.17, 15) is 14.4 Å². The zero-order valence-electron chi connectivity index (χ0n) is 15.6. The maximum absolute atomic E-state index is 12.5. The summed E-state index contributed by atoms with van der Waals surface area (Å²) in [5, 5.41) is 0. The van der Waals surface area contributed by atoms with Crippen molar-refractivity contribution < 1.29 is 23.9 Å². The first-order chi connectivity index (χ1) is 12.3. The van der Waals surface area contributed by atoms with Gasteiger partial charge in [0.2, 0.25) is 5.78 Å². The normalized spacial score (nSPS) is 10.7. The Morgan fingerprint density at radius 1 is 1.08 bits per heavy atom. The molecular weight excluding hydrogens is 354 g/mol. The Balaban J connectivity index is 2.10. The Morgan fingerprint density at radius 2 is 1.77 bits per heavy atom. The van der Waals surface area contributed by atoms with Crippen molar-refractivity contribution in [3.05, 3.63) is 43.9 Å². The van der Waals surface area contributed by atoms with Gasteiger partial charge in [0.05, 0.1) is 6.61 Å². The summed E-state index contributed by atoms with van der Waals surface area (Å²) in [6.07, 6.45) is 0.840. The fourth-order valence-electron chi connectivity index (χ4n) is 2.82. The van der Waals surface area contributed by atoms with Gasteiger partial charge in [0.15, 0.2) is 6.61 Å². The van der Waals surface area contributed by atoms with Crippen molar-refractivity contribution in [2.24, 2.45) is 0 Å². The number of ketones is 1. The highest BCUT2D eigenvalue weighted by Crippen LogP contribution is 2.23. The summed E-state index contributed by atoms with van der Waals surface area (Å²) in [4.78, 5) is 41.0. The van der Waals surface area contributed by atoms with E-state index < -0.39 is 11.9 Å². The Hall–Kier alpha value is -2.41. The molecule has 0 amide bonds. The van der Waals surface area contributed by atoms with E-state index in [-0.39, 0.29) is 24.7 Å². The van der Waals surface area contributed by atoms with Crippen molar-refractivity contribution in [3.63, 3.8) is 0 Å². The van der Waals surface area contributed by atoms with Crippen LogP contribution < -0.4 is 0 Å². The van der Waals surface area contributed by atoms with Crippen LogP contribution in [0.5, 0.6) is 0 Å². The number of aromatic amines is 1. The zero-order chi connectivity index (χ0) is 19.4. The SMILES string of the molecule is CCOC(=O)c1[nH]c(C)c(C(=O)COC(=O)c2cc(CC)c(C)s2)c1C. The van der Waals surface area contributed by atoms with Gasteiger partial charge in [-0.1, -0.05) is 6.92 Å². The second-order valence-electron chi connectivity index (χ2n) is 5.89. The fraction of sp³-hybridized carbons (Fsp3) is 0.421. The topological polar surface area (TPSA) is 85.5 Å². The second-order valence-corrected chi connectivity index (χ2v) is 7.15. The molecule has 0 saturated carbocycles. The number of hydrogen-bond acceptors (Lipinski definition) is 6. The summed E-state index contributed by atoms with van der Waals surface area (Å²) in [6.45, 7) is 8.92. The van der Waals surface area contributed by atoms with E-state index in [1.165, 1.54) is 11.3 Å². The molecule has 2 aromatic rings. The summed E-state index contributed by atoms with van der Waals surface area (Å²) in [6, 6.07) is 1.80. The van der Waals surface area contributed by atoms with Crippen LogP contribution in [-0.4, -0.2) is 35.9 Å². The molecule has 0 aliphatic carbocycles. The number of rotatable bonds is 7. The van der Waals surface area contributed by atoms with Crippen LogP contribution in [0.2, 0.25) is 0 Å². The lowest BCUT2D eigenvalue weighted by Crippen LogP contribution is -2.15. The van der Waals surface area contributed by atoms with Gasteiger partial charge < -0.3 is 14.5 Å². The van der Waals surface area contributed by atoms with E-state index in [0.717, 1.165) is 16.9 Å². The molecule has 0 atom stereocenters. The third-order valence-electron chi connectivity index (χ3n) is 4.13. The number of thiophene rings is 1. The molecule has 0 radical (unpaired) electrons. The molecule has 0 aliphatic rings. The van der Waals surface area contributed by atoms with Crippen molar-refractivity contribution in [1.29, 1.82) is 0 Å². The quantitative estimate of drug-likeness (QED) is 0.586. The number of H-pyrrole nitrogens is 1. The van der Waals surface area contributed by atoms with Gasteiger partial charge in [-0.3, -0.25) is 4.79 Å². The smallest absolute Gasteiger partial charge is 0.355 e. The van der Waals surface area contributed by atoms with Crippen LogP contribution in [0, 0.1) is 20.8 Å². The Morgan fingerprint density at radius 3 is 2.35 bits per heavy atom. The van der Waals surface area contributed by atoms with Crippen molar-refractivity contribution in [2.45, 2.75) is 41.0 Å². The number of ether oxygens (including phenoxy) is 2. The molecule has 2 heterocycles. The van der Waals surface area contributed by atoms with E-state index >= 15 is 0 Å². The largest absolute Gasteiger partial charge is 0.461 e. The van der Waals surface area contributed by atoms with E-state index in [0.29, 0.717) is 21.7 Å². The van der Waals surface area contributed by atoms with Crippen molar-refractivity contribution in [2.75, 3.05) is 13.2 Å². The molecule has 26 heavy (non-hydrogen) atoms. The number of nitrogens with one attached hydrogen (secondary N) is 1. The number of carbonyl (C=O) groups is 3. The van der Waals surface area contributed by atoms with Crippen molar-refractivity contribution in [1.82, 2.24) is 4.98 Å². The van der Waals surface area contributed by atoms with Crippen LogP contribution in [0.4, 0.5) is 0 Å². The molecule has 6 nitrogen and oxygen atoms in total. The van der Waals surface area contributed by atoms with Crippen molar-refractivity contribution >= 4 is 29.1 Å². The van der Waals surface area contributed by atoms with Crippen LogP contribution in [0.25, 0.3) is 0 Å². The molecule has 0 aliphatic heterocycles. The lowest BCUT2D eigenvalue weighted by Gasteiger charge is -2.04. The molecule has 0 fully saturated rings. The standard InChI is InChI=1S/C19H23NO5S/c1-6-13-8-15(26-12(13)5)18(22)25-9-14(21)16-10(3)17(20-11(16)4)19(23)24-7-2/h8,20H,6-7,9H2,1-5H3. The minimum absolute atomic E-state index is 0.247. The molecule has 0 saturated heterocycles. The zero-order valence-corrected chi connectivity index (χ0v) is 16.5. The predicted molar refractivity (Wildman–Crippen MR) is 99.3 cm³/mol. The first-order valence-corrected chi connectivity index (χ1v) is 9.27. The van der Waals surface area contributed by atoms with Gasteiger partial charge in [-0.25, -0.2) is 9.59 Å². The molecule has 0 aromatic carbocycles. The maximum atomic E-state index is 12.5. The molecule has 0 unspecified atom stereocenters. The first-order valence-electron chi connectivity index (χ1n) is 8.45. The van der Waals surface area contributed by atoms with Gasteiger partial charge in [0.25, 0.3) is 0 Å². The molecule has 7 heteroatoms. The summed E-state index contributed by atoms with van der Waals surface area (Å²) in [5.74, 6) is -1.38.